The van der Waals surface area contributed by atoms with Gasteiger partial charge in [0.05, 0.1) is 0 Å². The Bertz CT molecular complexity index is 960. The predicted molar refractivity (Wildman–Crippen MR) is 130 cm³/mol. The second kappa shape index (κ2) is 9.82. The lowest BCUT2D eigenvalue weighted by Gasteiger charge is -2.42. The third kappa shape index (κ3) is 4.92. The van der Waals surface area contributed by atoms with Crippen LogP contribution in [-0.2, 0) is 22.5 Å². The number of amides is 1. The molecule has 1 aromatic carbocycles. The van der Waals surface area contributed by atoms with Gasteiger partial charge in [-0.1, -0.05) is 30.3 Å². The average molecular weight is 449 g/mol. The van der Waals surface area contributed by atoms with Crippen molar-refractivity contribution in [2.45, 2.75) is 57.2 Å². The SMILES string of the molecule is C[C@H]1Cc2cnc(NC3CCOCC3)cc2CN1C(=O)[C@H]1CCN(C)C[C@@H]1c1ccccc1. The number of nitrogens with zero attached hydrogens (tertiary/aromatic N) is 3. The van der Waals surface area contributed by atoms with Gasteiger partial charge in [-0.25, -0.2) is 4.98 Å². The first-order chi connectivity index (χ1) is 16.1. The molecule has 6 nitrogen and oxygen atoms in total. The number of rotatable bonds is 4. The molecule has 2 saturated heterocycles. The second-order valence-corrected chi connectivity index (χ2v) is 10.1. The number of hydrogen-bond acceptors (Lipinski definition) is 5. The minimum absolute atomic E-state index is 0.0364. The molecule has 2 fully saturated rings. The highest BCUT2D eigenvalue weighted by molar-refractivity contribution is 5.81. The molecule has 3 atom stereocenters. The monoisotopic (exact) mass is 448 g/mol. The van der Waals surface area contributed by atoms with Crippen molar-refractivity contribution in [3.63, 3.8) is 0 Å². The van der Waals surface area contributed by atoms with Gasteiger partial charge in [0.25, 0.3) is 0 Å². The van der Waals surface area contributed by atoms with Crippen LogP contribution in [0.25, 0.3) is 0 Å². The predicted octanol–water partition coefficient (Wildman–Crippen LogP) is 3.68. The first kappa shape index (κ1) is 22.4. The fourth-order valence-electron chi connectivity index (χ4n) is 5.71. The molecule has 3 aliphatic heterocycles. The van der Waals surface area contributed by atoms with Crippen LogP contribution in [0, 0.1) is 5.92 Å². The summed E-state index contributed by atoms with van der Waals surface area (Å²) in [5.74, 6) is 1.51. The standard InChI is InChI=1S/C27H36N4O2/c1-19-14-21-16-28-26(29-23-9-12-33-13-10-23)15-22(21)17-31(19)27(32)24-8-11-30(2)18-25(24)20-6-4-3-5-7-20/h3-7,15-16,19,23-25H,8-14,17-18H2,1-2H3,(H,28,29)/t19-,24-,25+/m0/s1. The van der Waals surface area contributed by atoms with E-state index < -0.39 is 0 Å². The Morgan fingerprint density at radius 1 is 1.12 bits per heavy atom. The highest BCUT2D eigenvalue weighted by Crippen LogP contribution is 2.35. The number of pyridine rings is 1. The van der Waals surface area contributed by atoms with Crippen molar-refractivity contribution >= 4 is 11.7 Å². The maximum atomic E-state index is 13.9. The van der Waals surface area contributed by atoms with Crippen LogP contribution in [-0.4, -0.2) is 66.1 Å². The Morgan fingerprint density at radius 2 is 1.91 bits per heavy atom. The third-order valence-electron chi connectivity index (χ3n) is 7.69. The number of nitrogens with one attached hydrogen (secondary N) is 1. The van der Waals surface area contributed by atoms with Crippen molar-refractivity contribution in [2.75, 3.05) is 38.7 Å². The Balaban J connectivity index is 1.34. The summed E-state index contributed by atoms with van der Waals surface area (Å²) >= 11 is 0. The molecule has 0 aliphatic carbocycles. The summed E-state index contributed by atoms with van der Waals surface area (Å²) in [4.78, 5) is 23.1. The number of ether oxygens (including phenoxy) is 1. The molecule has 2 aromatic rings. The van der Waals surface area contributed by atoms with Crippen LogP contribution in [0.4, 0.5) is 5.82 Å². The number of likely N-dealkylation sites (N-methyl/N-ethyl adjacent to an activating group) is 1. The lowest BCUT2D eigenvalue weighted by molar-refractivity contribution is -0.141. The van der Waals surface area contributed by atoms with Crippen molar-refractivity contribution in [3.8, 4) is 0 Å². The molecule has 1 amide bonds. The zero-order chi connectivity index (χ0) is 22.8. The zero-order valence-corrected chi connectivity index (χ0v) is 19.9. The number of fused-ring (bicyclic) bond motifs is 1. The van der Waals surface area contributed by atoms with Gasteiger partial charge in [-0.2, -0.15) is 0 Å². The number of anilines is 1. The minimum atomic E-state index is 0.0364. The van der Waals surface area contributed by atoms with Gasteiger partial charge in [-0.3, -0.25) is 4.79 Å². The van der Waals surface area contributed by atoms with Crippen molar-refractivity contribution in [2.24, 2.45) is 5.92 Å². The normalized spacial score (nSPS) is 26.6. The first-order valence-electron chi connectivity index (χ1n) is 12.4. The number of carbonyl (C=O) groups is 1. The van der Waals surface area contributed by atoms with E-state index in [4.69, 9.17) is 4.74 Å². The molecule has 1 aromatic heterocycles. The van der Waals surface area contributed by atoms with Gasteiger partial charge < -0.3 is 19.9 Å². The van der Waals surface area contributed by atoms with E-state index in [-0.39, 0.29) is 17.9 Å². The summed E-state index contributed by atoms with van der Waals surface area (Å²) in [5.41, 5.74) is 3.78. The van der Waals surface area contributed by atoms with E-state index in [1.165, 1.54) is 16.7 Å². The highest BCUT2D eigenvalue weighted by atomic mass is 16.5. The van der Waals surface area contributed by atoms with E-state index in [1.54, 1.807) is 0 Å². The van der Waals surface area contributed by atoms with Gasteiger partial charge in [0.1, 0.15) is 5.82 Å². The Labute approximate surface area is 197 Å². The average Bonchev–Trinajstić information content (AvgIpc) is 2.84. The van der Waals surface area contributed by atoms with E-state index in [2.05, 4.69) is 70.5 Å². The summed E-state index contributed by atoms with van der Waals surface area (Å²) in [6, 6.07) is 13.4. The van der Waals surface area contributed by atoms with Gasteiger partial charge in [-0.15, -0.1) is 0 Å². The lowest BCUT2D eigenvalue weighted by atomic mass is 9.79. The van der Waals surface area contributed by atoms with E-state index in [0.29, 0.717) is 18.5 Å². The number of hydrogen-bond donors (Lipinski definition) is 1. The Morgan fingerprint density at radius 3 is 2.70 bits per heavy atom. The molecule has 6 heteroatoms. The van der Waals surface area contributed by atoms with Crippen LogP contribution in [0.15, 0.2) is 42.6 Å². The van der Waals surface area contributed by atoms with Gasteiger partial charge in [0, 0.05) is 56.4 Å². The van der Waals surface area contributed by atoms with Gasteiger partial charge in [-0.05, 0) is 69.0 Å². The molecule has 176 valence electrons. The molecule has 0 saturated carbocycles. The van der Waals surface area contributed by atoms with Crippen molar-refractivity contribution < 1.29 is 9.53 Å². The molecule has 5 rings (SSSR count). The smallest absolute Gasteiger partial charge is 0.226 e. The maximum Gasteiger partial charge on any atom is 0.226 e. The summed E-state index contributed by atoms with van der Waals surface area (Å²) in [6.45, 7) is 6.38. The van der Waals surface area contributed by atoms with E-state index in [0.717, 1.165) is 57.8 Å². The Hall–Kier alpha value is -2.44. The van der Waals surface area contributed by atoms with Crippen LogP contribution >= 0.6 is 0 Å². The molecular formula is C27H36N4O2. The fraction of sp³-hybridized carbons (Fsp3) is 0.556. The number of likely N-dealkylation sites (tertiary alicyclic amines) is 1. The summed E-state index contributed by atoms with van der Waals surface area (Å²) in [6.07, 6.45) is 5.82. The quantitative estimate of drug-likeness (QED) is 0.773. The highest BCUT2D eigenvalue weighted by Gasteiger charge is 2.39. The molecule has 0 unspecified atom stereocenters. The number of benzene rings is 1. The van der Waals surface area contributed by atoms with Crippen molar-refractivity contribution in [1.82, 2.24) is 14.8 Å². The molecule has 1 N–H and O–H groups in total. The molecular weight excluding hydrogens is 412 g/mol. The van der Waals surface area contributed by atoms with E-state index in [9.17, 15) is 4.79 Å². The van der Waals surface area contributed by atoms with E-state index >= 15 is 0 Å². The Kier molecular flexibility index (Phi) is 6.65. The van der Waals surface area contributed by atoms with Crippen molar-refractivity contribution in [1.29, 1.82) is 0 Å². The summed E-state index contributed by atoms with van der Waals surface area (Å²) in [5, 5.41) is 3.58. The number of carbonyl (C=O) groups excluding carboxylic acids is 1. The molecule has 3 aliphatic rings. The largest absolute Gasteiger partial charge is 0.381 e. The summed E-state index contributed by atoms with van der Waals surface area (Å²) in [7, 11) is 2.16. The lowest BCUT2D eigenvalue weighted by Crippen LogP contribution is -2.50. The van der Waals surface area contributed by atoms with E-state index in [1.807, 2.05) is 6.20 Å². The van der Waals surface area contributed by atoms with Gasteiger partial charge >= 0.3 is 0 Å². The molecule has 33 heavy (non-hydrogen) atoms. The topological polar surface area (TPSA) is 57.7 Å². The number of aromatic nitrogens is 1. The molecule has 0 bridgehead atoms. The van der Waals surface area contributed by atoms with Crippen LogP contribution in [0.5, 0.6) is 0 Å². The van der Waals surface area contributed by atoms with Gasteiger partial charge in [0.15, 0.2) is 0 Å². The third-order valence-corrected chi connectivity index (χ3v) is 7.69. The zero-order valence-electron chi connectivity index (χ0n) is 19.9. The van der Waals surface area contributed by atoms with Crippen LogP contribution < -0.4 is 5.32 Å². The fourth-order valence-corrected chi connectivity index (χ4v) is 5.71. The molecule has 4 heterocycles. The van der Waals surface area contributed by atoms with Crippen molar-refractivity contribution in [3.05, 3.63) is 59.3 Å². The van der Waals surface area contributed by atoms with Crippen LogP contribution in [0.3, 0.4) is 0 Å². The minimum Gasteiger partial charge on any atom is -0.381 e. The van der Waals surface area contributed by atoms with Crippen LogP contribution in [0.2, 0.25) is 0 Å². The first-order valence-corrected chi connectivity index (χ1v) is 12.4. The second-order valence-electron chi connectivity index (χ2n) is 10.1. The molecule has 0 spiro atoms. The van der Waals surface area contributed by atoms with Crippen LogP contribution in [0.1, 0.15) is 48.8 Å². The van der Waals surface area contributed by atoms with Gasteiger partial charge in [0.2, 0.25) is 5.91 Å². The molecule has 0 radical (unpaired) electrons. The maximum absolute atomic E-state index is 13.9. The number of piperidine rings is 1. The summed E-state index contributed by atoms with van der Waals surface area (Å²) < 4.78 is 5.48.